The number of ether oxygens (including phenoxy) is 2. The number of benzene rings is 2. The molecule has 0 saturated heterocycles. The van der Waals surface area contributed by atoms with Gasteiger partial charge in [0.05, 0.1) is 14.2 Å². The minimum atomic E-state index is -3.83. The molecule has 0 aliphatic heterocycles. The summed E-state index contributed by atoms with van der Waals surface area (Å²) in [5.74, 6) is 0.150. The number of carbonyl (C=O) groups excluding carboxylic acids is 2. The average molecular weight is 436 g/mol. The van der Waals surface area contributed by atoms with Crippen molar-refractivity contribution in [3.8, 4) is 11.5 Å². The fourth-order valence-corrected chi connectivity index (χ4v) is 3.67. The lowest BCUT2D eigenvalue weighted by atomic mass is 10.2. The molecular formula is C20H25N3O6S. The molecule has 0 radical (unpaired) electrons. The maximum Gasteiger partial charge on any atom is 0.251 e. The first-order valence-corrected chi connectivity index (χ1v) is 10.7. The van der Waals surface area contributed by atoms with Crippen molar-refractivity contribution in [2.24, 2.45) is 0 Å². The number of hydrogen-bond donors (Lipinski definition) is 3. The van der Waals surface area contributed by atoms with Crippen LogP contribution in [0.25, 0.3) is 0 Å². The number of carbonyl (C=O) groups is 2. The molecule has 0 aromatic heterocycles. The van der Waals surface area contributed by atoms with Gasteiger partial charge in [0.15, 0.2) is 0 Å². The molecule has 0 aliphatic rings. The zero-order chi connectivity index (χ0) is 22.1. The highest BCUT2D eigenvalue weighted by Crippen LogP contribution is 2.28. The summed E-state index contributed by atoms with van der Waals surface area (Å²) in [5, 5.41) is 5.33. The quantitative estimate of drug-likeness (QED) is 0.489. The molecule has 0 aliphatic carbocycles. The summed E-state index contributed by atoms with van der Waals surface area (Å²) in [5.41, 5.74) is 0.990. The number of methoxy groups -OCH3 is 2. The van der Waals surface area contributed by atoms with Crippen LogP contribution < -0.4 is 24.8 Å². The first-order valence-electron chi connectivity index (χ1n) is 9.20. The second-order valence-corrected chi connectivity index (χ2v) is 7.88. The minimum Gasteiger partial charge on any atom is -0.497 e. The van der Waals surface area contributed by atoms with Gasteiger partial charge in [0.1, 0.15) is 16.4 Å². The molecule has 9 nitrogen and oxygen atoms in total. The molecule has 0 saturated carbocycles. The molecule has 0 fully saturated rings. The van der Waals surface area contributed by atoms with E-state index in [4.69, 9.17) is 9.47 Å². The van der Waals surface area contributed by atoms with Gasteiger partial charge in [-0.3, -0.25) is 9.59 Å². The van der Waals surface area contributed by atoms with Gasteiger partial charge in [0.2, 0.25) is 15.9 Å². The van der Waals surface area contributed by atoms with E-state index in [9.17, 15) is 18.0 Å². The molecule has 2 amide bonds. The van der Waals surface area contributed by atoms with Crippen LogP contribution in [0.15, 0.2) is 47.4 Å². The van der Waals surface area contributed by atoms with Crippen molar-refractivity contribution < 1.29 is 27.5 Å². The third-order valence-electron chi connectivity index (χ3n) is 4.11. The number of sulfonamides is 1. The first kappa shape index (κ1) is 23.2. The molecule has 0 atom stereocenters. The molecule has 30 heavy (non-hydrogen) atoms. The molecule has 2 aromatic rings. The average Bonchev–Trinajstić information content (AvgIpc) is 2.76. The predicted octanol–water partition coefficient (Wildman–Crippen LogP) is 1.76. The zero-order valence-electron chi connectivity index (χ0n) is 17.0. The van der Waals surface area contributed by atoms with Gasteiger partial charge < -0.3 is 20.1 Å². The first-order chi connectivity index (χ1) is 14.3. The molecule has 2 aromatic carbocycles. The lowest BCUT2D eigenvalue weighted by molar-refractivity contribution is -0.115. The molecule has 162 valence electrons. The fourth-order valence-electron chi connectivity index (χ4n) is 2.49. The van der Waals surface area contributed by atoms with Crippen LogP contribution in [-0.2, 0) is 14.8 Å². The number of rotatable bonds is 10. The minimum absolute atomic E-state index is 0.00605. The van der Waals surface area contributed by atoms with Gasteiger partial charge in [-0.15, -0.1) is 0 Å². The molecular weight excluding hydrogens is 410 g/mol. The van der Waals surface area contributed by atoms with E-state index < -0.39 is 10.0 Å². The van der Waals surface area contributed by atoms with Gasteiger partial charge in [-0.25, -0.2) is 13.1 Å². The Morgan fingerprint density at radius 2 is 1.67 bits per heavy atom. The highest BCUT2D eigenvalue weighted by atomic mass is 32.2. The summed E-state index contributed by atoms with van der Waals surface area (Å²) in [4.78, 5) is 23.5. The van der Waals surface area contributed by atoms with Crippen LogP contribution in [0.2, 0.25) is 0 Å². The summed E-state index contributed by atoms with van der Waals surface area (Å²) in [6.45, 7) is 1.83. The van der Waals surface area contributed by atoms with E-state index in [1.165, 1.54) is 32.4 Å². The summed E-state index contributed by atoms with van der Waals surface area (Å²) >= 11 is 0. The second-order valence-electron chi connectivity index (χ2n) is 6.15. The van der Waals surface area contributed by atoms with Crippen molar-refractivity contribution in [2.75, 3.05) is 32.6 Å². The van der Waals surface area contributed by atoms with E-state index in [2.05, 4.69) is 15.4 Å². The number of hydrogen-bond acceptors (Lipinski definition) is 6. The number of anilines is 1. The molecule has 0 heterocycles. The SMILES string of the molecule is CCC(=O)Nc1ccc(C(=O)NCCNS(=O)(=O)c2ccc(OC)cc2OC)cc1. The van der Waals surface area contributed by atoms with Crippen LogP contribution in [0.3, 0.4) is 0 Å². The predicted molar refractivity (Wildman–Crippen MR) is 112 cm³/mol. The van der Waals surface area contributed by atoms with Crippen molar-refractivity contribution in [3.63, 3.8) is 0 Å². The van der Waals surface area contributed by atoms with Gasteiger partial charge in [-0.1, -0.05) is 6.92 Å². The highest BCUT2D eigenvalue weighted by molar-refractivity contribution is 7.89. The Morgan fingerprint density at radius 1 is 0.967 bits per heavy atom. The molecule has 3 N–H and O–H groups in total. The standard InChI is InChI=1S/C20H25N3O6S/c1-4-19(24)23-15-7-5-14(6-8-15)20(25)21-11-12-22-30(26,27)18-10-9-16(28-2)13-17(18)29-3/h5-10,13,22H,4,11-12H2,1-3H3,(H,21,25)(H,23,24). The van der Waals surface area contributed by atoms with E-state index in [1.807, 2.05) is 0 Å². The van der Waals surface area contributed by atoms with Crippen molar-refractivity contribution in [1.29, 1.82) is 0 Å². The summed E-state index contributed by atoms with van der Waals surface area (Å²) in [6, 6.07) is 10.8. The monoisotopic (exact) mass is 435 g/mol. The molecule has 0 bridgehead atoms. The number of nitrogens with one attached hydrogen (secondary N) is 3. The van der Waals surface area contributed by atoms with Gasteiger partial charge in [0.25, 0.3) is 5.91 Å². The molecule has 0 spiro atoms. The number of amides is 2. The van der Waals surface area contributed by atoms with E-state index >= 15 is 0 Å². The van der Waals surface area contributed by atoms with Gasteiger partial charge in [-0.2, -0.15) is 0 Å². The third-order valence-corrected chi connectivity index (χ3v) is 5.62. The van der Waals surface area contributed by atoms with E-state index in [1.54, 1.807) is 31.2 Å². The van der Waals surface area contributed by atoms with Crippen molar-refractivity contribution >= 4 is 27.5 Å². The Bertz CT molecular complexity index is 990. The Balaban J connectivity index is 1.89. The van der Waals surface area contributed by atoms with E-state index in [0.717, 1.165) is 0 Å². The second kappa shape index (κ2) is 10.6. The van der Waals surface area contributed by atoms with Crippen LogP contribution in [0.4, 0.5) is 5.69 Å². The summed E-state index contributed by atoms with van der Waals surface area (Å²) in [6.07, 6.45) is 0.362. The van der Waals surface area contributed by atoms with Crippen LogP contribution >= 0.6 is 0 Å². The Morgan fingerprint density at radius 3 is 2.27 bits per heavy atom. The zero-order valence-corrected chi connectivity index (χ0v) is 17.8. The van der Waals surface area contributed by atoms with Crippen LogP contribution in [-0.4, -0.2) is 47.5 Å². The summed E-state index contributed by atoms with van der Waals surface area (Å²) in [7, 11) is -0.993. The van der Waals surface area contributed by atoms with Crippen LogP contribution in [0, 0.1) is 0 Å². The highest BCUT2D eigenvalue weighted by Gasteiger charge is 2.19. The topological polar surface area (TPSA) is 123 Å². The Hall–Kier alpha value is -3.11. The smallest absolute Gasteiger partial charge is 0.251 e. The van der Waals surface area contributed by atoms with Gasteiger partial charge in [0, 0.05) is 36.8 Å². The van der Waals surface area contributed by atoms with Crippen molar-refractivity contribution in [3.05, 3.63) is 48.0 Å². The van der Waals surface area contributed by atoms with Gasteiger partial charge >= 0.3 is 0 Å². The van der Waals surface area contributed by atoms with E-state index in [0.29, 0.717) is 23.4 Å². The molecule has 0 unspecified atom stereocenters. The normalized spacial score (nSPS) is 10.9. The van der Waals surface area contributed by atoms with E-state index in [-0.39, 0.29) is 35.5 Å². The third kappa shape index (κ3) is 6.19. The van der Waals surface area contributed by atoms with Crippen molar-refractivity contribution in [1.82, 2.24) is 10.0 Å². The Kier molecular flexibility index (Phi) is 8.19. The van der Waals surface area contributed by atoms with Crippen LogP contribution in [0.1, 0.15) is 23.7 Å². The molecule has 10 heteroatoms. The maximum absolute atomic E-state index is 12.5. The van der Waals surface area contributed by atoms with Crippen LogP contribution in [0.5, 0.6) is 11.5 Å². The fraction of sp³-hybridized carbons (Fsp3) is 0.300. The lowest BCUT2D eigenvalue weighted by Gasteiger charge is -2.12. The summed E-state index contributed by atoms with van der Waals surface area (Å²) < 4.78 is 37.6. The lowest BCUT2D eigenvalue weighted by Crippen LogP contribution is -2.34. The molecule has 2 rings (SSSR count). The maximum atomic E-state index is 12.5. The Labute approximate surface area is 175 Å². The largest absolute Gasteiger partial charge is 0.497 e. The van der Waals surface area contributed by atoms with Gasteiger partial charge in [-0.05, 0) is 36.4 Å². The van der Waals surface area contributed by atoms with Crippen molar-refractivity contribution in [2.45, 2.75) is 18.2 Å².